The van der Waals surface area contributed by atoms with Crippen molar-refractivity contribution < 1.29 is 9.90 Å². The molecule has 0 spiro atoms. The number of aromatic hydroxyl groups is 1. The molecule has 0 aliphatic rings. The van der Waals surface area contributed by atoms with Gasteiger partial charge in [0.05, 0.1) is 0 Å². The molecule has 0 aliphatic carbocycles. The largest absolute Gasteiger partial charge is 0.508 e. The summed E-state index contributed by atoms with van der Waals surface area (Å²) in [4.78, 5) is 11.4. The molecule has 0 bridgehead atoms. The van der Waals surface area contributed by atoms with Gasteiger partial charge in [-0.3, -0.25) is 4.79 Å². The first-order valence-electron chi connectivity index (χ1n) is 5.22. The second-order valence-corrected chi connectivity index (χ2v) is 3.91. The van der Waals surface area contributed by atoms with Crippen molar-refractivity contribution in [2.45, 2.75) is 20.3 Å². The third kappa shape index (κ3) is 3.12. The van der Waals surface area contributed by atoms with Crippen molar-refractivity contribution in [2.75, 3.05) is 7.05 Å². The zero-order valence-electron chi connectivity index (χ0n) is 9.87. The molecule has 0 saturated carbocycles. The maximum Gasteiger partial charge on any atom is 0.251 e. The highest BCUT2D eigenvalue weighted by atomic mass is 16.3. The molecule has 0 atom stereocenters. The van der Waals surface area contributed by atoms with Crippen LogP contribution in [0.5, 0.6) is 5.75 Å². The van der Waals surface area contributed by atoms with Crippen molar-refractivity contribution in [1.82, 2.24) is 5.32 Å². The molecule has 1 aromatic carbocycles. The summed E-state index contributed by atoms with van der Waals surface area (Å²) in [6.07, 6.45) is 2.65. The Morgan fingerprint density at radius 3 is 2.69 bits per heavy atom. The molecule has 0 fully saturated rings. The normalized spacial score (nSPS) is 9.69. The first-order chi connectivity index (χ1) is 7.54. The first-order valence-corrected chi connectivity index (χ1v) is 5.22. The predicted octanol–water partition coefficient (Wildman–Crippen LogP) is 2.26. The lowest BCUT2D eigenvalue weighted by molar-refractivity contribution is 0.0963. The van der Waals surface area contributed by atoms with Crippen LogP contribution in [0.25, 0.3) is 0 Å². The number of phenols is 1. The van der Waals surface area contributed by atoms with Gasteiger partial charge in [-0.1, -0.05) is 11.6 Å². The Labute approximate surface area is 95.8 Å². The fraction of sp³-hybridized carbons (Fsp3) is 0.308. The van der Waals surface area contributed by atoms with E-state index in [1.807, 2.05) is 19.9 Å². The number of hydrogen-bond acceptors (Lipinski definition) is 2. The minimum atomic E-state index is -0.140. The number of amides is 1. The zero-order valence-corrected chi connectivity index (χ0v) is 9.87. The smallest absolute Gasteiger partial charge is 0.251 e. The molecule has 1 rings (SSSR count). The fourth-order valence-electron chi connectivity index (χ4n) is 1.35. The monoisotopic (exact) mass is 219 g/mol. The third-order valence-electron chi connectivity index (χ3n) is 2.30. The summed E-state index contributed by atoms with van der Waals surface area (Å²) >= 11 is 0. The molecule has 0 radical (unpaired) electrons. The molecule has 0 aliphatic heterocycles. The van der Waals surface area contributed by atoms with Crippen LogP contribution < -0.4 is 5.32 Å². The number of hydrogen-bond donors (Lipinski definition) is 2. The molecule has 3 heteroatoms. The van der Waals surface area contributed by atoms with Crippen LogP contribution in [0.1, 0.15) is 29.8 Å². The van der Waals surface area contributed by atoms with E-state index in [-0.39, 0.29) is 11.7 Å². The maximum absolute atomic E-state index is 11.4. The summed E-state index contributed by atoms with van der Waals surface area (Å²) in [7, 11) is 1.59. The maximum atomic E-state index is 11.4. The van der Waals surface area contributed by atoms with Gasteiger partial charge >= 0.3 is 0 Å². The molecule has 3 nitrogen and oxygen atoms in total. The second kappa shape index (κ2) is 5.35. The summed E-state index contributed by atoms with van der Waals surface area (Å²) < 4.78 is 0. The van der Waals surface area contributed by atoms with E-state index >= 15 is 0 Å². The van der Waals surface area contributed by atoms with E-state index in [1.165, 1.54) is 5.57 Å². The Morgan fingerprint density at radius 2 is 2.12 bits per heavy atom. The molecule has 2 N–H and O–H groups in total. The van der Waals surface area contributed by atoms with Crippen LogP contribution in [0.15, 0.2) is 29.8 Å². The summed E-state index contributed by atoms with van der Waals surface area (Å²) in [6, 6.07) is 4.88. The van der Waals surface area contributed by atoms with Gasteiger partial charge in [0.1, 0.15) is 5.75 Å². The van der Waals surface area contributed by atoms with Crippen LogP contribution in [0.4, 0.5) is 0 Å². The molecular weight excluding hydrogens is 202 g/mol. The molecule has 16 heavy (non-hydrogen) atoms. The minimum absolute atomic E-state index is 0.140. The molecule has 0 saturated heterocycles. The summed E-state index contributed by atoms with van der Waals surface area (Å²) in [5, 5.41) is 12.2. The van der Waals surface area contributed by atoms with Crippen LogP contribution in [-0.2, 0) is 6.42 Å². The molecule has 1 amide bonds. The van der Waals surface area contributed by atoms with Crippen molar-refractivity contribution in [3.63, 3.8) is 0 Å². The molecular formula is C13H17NO2. The number of carbonyl (C=O) groups is 1. The van der Waals surface area contributed by atoms with Crippen LogP contribution in [-0.4, -0.2) is 18.1 Å². The molecule has 1 aromatic rings. The van der Waals surface area contributed by atoms with Crippen LogP contribution in [0, 0.1) is 0 Å². The van der Waals surface area contributed by atoms with E-state index < -0.39 is 0 Å². The van der Waals surface area contributed by atoms with Gasteiger partial charge in [0, 0.05) is 12.6 Å². The quantitative estimate of drug-likeness (QED) is 0.766. The van der Waals surface area contributed by atoms with Gasteiger partial charge in [0.15, 0.2) is 0 Å². The van der Waals surface area contributed by atoms with E-state index in [2.05, 4.69) is 5.32 Å². The Bertz CT molecular complexity index is 418. The zero-order chi connectivity index (χ0) is 12.1. The SMILES string of the molecule is CNC(=O)c1ccc(O)c(CC=C(C)C)c1. The van der Waals surface area contributed by atoms with E-state index in [0.717, 1.165) is 5.56 Å². The van der Waals surface area contributed by atoms with Crippen molar-refractivity contribution >= 4 is 5.91 Å². The first kappa shape index (κ1) is 12.3. The van der Waals surface area contributed by atoms with Gasteiger partial charge in [-0.2, -0.15) is 0 Å². The number of nitrogens with one attached hydrogen (secondary N) is 1. The van der Waals surface area contributed by atoms with Gasteiger partial charge in [-0.15, -0.1) is 0 Å². The standard InChI is InChI=1S/C13H17NO2/c1-9(2)4-5-10-8-11(13(16)14-3)6-7-12(10)15/h4,6-8,15H,5H2,1-3H3,(H,14,16). The lowest BCUT2D eigenvalue weighted by atomic mass is 10.1. The minimum Gasteiger partial charge on any atom is -0.508 e. The molecule has 0 unspecified atom stereocenters. The van der Waals surface area contributed by atoms with Gasteiger partial charge in [-0.05, 0) is 44.0 Å². The number of allylic oxidation sites excluding steroid dienone is 2. The highest BCUT2D eigenvalue weighted by Crippen LogP contribution is 2.19. The highest BCUT2D eigenvalue weighted by molar-refractivity contribution is 5.94. The van der Waals surface area contributed by atoms with Crippen molar-refractivity contribution in [3.05, 3.63) is 41.0 Å². The van der Waals surface area contributed by atoms with E-state index in [1.54, 1.807) is 25.2 Å². The Kier molecular flexibility index (Phi) is 4.11. The van der Waals surface area contributed by atoms with E-state index in [9.17, 15) is 9.90 Å². The number of rotatable bonds is 3. The summed E-state index contributed by atoms with van der Waals surface area (Å²) in [5.41, 5.74) is 2.52. The summed E-state index contributed by atoms with van der Waals surface area (Å²) in [5.74, 6) is 0.0867. The average Bonchev–Trinajstić information content (AvgIpc) is 2.26. The van der Waals surface area contributed by atoms with Crippen molar-refractivity contribution in [1.29, 1.82) is 0 Å². The average molecular weight is 219 g/mol. The Balaban J connectivity index is 2.99. The fourth-order valence-corrected chi connectivity index (χ4v) is 1.35. The number of phenolic OH excluding ortho intramolecular Hbond substituents is 1. The summed E-state index contributed by atoms with van der Waals surface area (Å²) in [6.45, 7) is 4.00. The van der Waals surface area contributed by atoms with Crippen molar-refractivity contribution in [3.8, 4) is 5.75 Å². The third-order valence-corrected chi connectivity index (χ3v) is 2.30. The van der Waals surface area contributed by atoms with Crippen LogP contribution in [0.2, 0.25) is 0 Å². The van der Waals surface area contributed by atoms with Gasteiger partial charge in [0.2, 0.25) is 0 Å². The van der Waals surface area contributed by atoms with E-state index in [0.29, 0.717) is 12.0 Å². The van der Waals surface area contributed by atoms with Crippen LogP contribution in [0.3, 0.4) is 0 Å². The molecule has 0 aromatic heterocycles. The lowest BCUT2D eigenvalue weighted by Gasteiger charge is -2.05. The second-order valence-electron chi connectivity index (χ2n) is 3.91. The highest BCUT2D eigenvalue weighted by Gasteiger charge is 2.06. The van der Waals surface area contributed by atoms with Crippen LogP contribution >= 0.6 is 0 Å². The van der Waals surface area contributed by atoms with Gasteiger partial charge in [-0.25, -0.2) is 0 Å². The molecule has 0 heterocycles. The number of carbonyl (C=O) groups excluding carboxylic acids is 1. The Morgan fingerprint density at radius 1 is 1.44 bits per heavy atom. The van der Waals surface area contributed by atoms with Gasteiger partial charge in [0.25, 0.3) is 5.91 Å². The Hall–Kier alpha value is -1.77. The molecule has 86 valence electrons. The topological polar surface area (TPSA) is 49.3 Å². The lowest BCUT2D eigenvalue weighted by Crippen LogP contribution is -2.17. The van der Waals surface area contributed by atoms with Gasteiger partial charge < -0.3 is 10.4 Å². The van der Waals surface area contributed by atoms with E-state index in [4.69, 9.17) is 0 Å². The van der Waals surface area contributed by atoms with Crippen molar-refractivity contribution in [2.24, 2.45) is 0 Å². The predicted molar refractivity (Wildman–Crippen MR) is 64.6 cm³/mol. The number of benzene rings is 1.